The number of imidazole rings is 1. The van der Waals surface area contributed by atoms with Gasteiger partial charge in [-0.25, -0.2) is 4.98 Å². The summed E-state index contributed by atoms with van der Waals surface area (Å²) < 4.78 is 2.27. The molecule has 0 bridgehead atoms. The first kappa shape index (κ1) is 15.8. The van der Waals surface area contributed by atoms with Gasteiger partial charge in [0.05, 0.1) is 11.0 Å². The second-order valence-electron chi connectivity index (χ2n) is 6.57. The number of amides is 1. The highest BCUT2D eigenvalue weighted by molar-refractivity contribution is 5.80. The van der Waals surface area contributed by atoms with Crippen molar-refractivity contribution in [3.8, 4) is 0 Å². The van der Waals surface area contributed by atoms with Crippen molar-refractivity contribution in [1.82, 2.24) is 14.9 Å². The van der Waals surface area contributed by atoms with Gasteiger partial charge in [-0.1, -0.05) is 12.1 Å². The van der Waals surface area contributed by atoms with E-state index in [1.165, 1.54) is 5.52 Å². The lowest BCUT2D eigenvalue weighted by Crippen LogP contribution is -2.43. The fourth-order valence-corrected chi connectivity index (χ4v) is 3.36. The molecule has 0 spiro atoms. The summed E-state index contributed by atoms with van der Waals surface area (Å²) in [5.41, 5.74) is 2.23. The van der Waals surface area contributed by atoms with E-state index in [1.807, 2.05) is 19.9 Å². The van der Waals surface area contributed by atoms with Gasteiger partial charge in [0.1, 0.15) is 0 Å². The molecular weight excluding hydrogens is 288 g/mol. The monoisotopic (exact) mass is 314 g/mol. The number of fused-ring (bicyclic) bond motifs is 1. The molecule has 1 amide bonds. The Bertz CT molecular complexity index is 683. The number of aryl methyl sites for hydroxylation is 1. The number of hydrogen-bond acceptors (Lipinski definition) is 3. The number of benzene rings is 1. The van der Waals surface area contributed by atoms with Gasteiger partial charge in [-0.05, 0) is 45.7 Å². The lowest BCUT2D eigenvalue weighted by molar-refractivity contribution is -0.126. The highest BCUT2D eigenvalue weighted by Crippen LogP contribution is 2.27. The van der Waals surface area contributed by atoms with Crippen molar-refractivity contribution in [3.63, 3.8) is 0 Å². The Morgan fingerprint density at radius 3 is 2.65 bits per heavy atom. The Kier molecular flexibility index (Phi) is 4.55. The number of para-hydroxylation sites is 2. The molecule has 0 unspecified atom stereocenters. The van der Waals surface area contributed by atoms with Gasteiger partial charge in [0.15, 0.2) is 0 Å². The number of rotatable bonds is 4. The second kappa shape index (κ2) is 6.60. The molecule has 2 aromatic rings. The fourth-order valence-electron chi connectivity index (χ4n) is 3.36. The third-order valence-electron chi connectivity index (χ3n) is 4.53. The summed E-state index contributed by atoms with van der Waals surface area (Å²) in [4.78, 5) is 19.3. The zero-order valence-electron chi connectivity index (χ0n) is 14.2. The van der Waals surface area contributed by atoms with E-state index < -0.39 is 0 Å². The molecule has 1 aromatic heterocycles. The molecule has 1 N–H and O–H groups in total. The van der Waals surface area contributed by atoms with E-state index in [0.29, 0.717) is 0 Å². The van der Waals surface area contributed by atoms with Crippen LogP contribution in [0.2, 0.25) is 0 Å². The summed E-state index contributed by atoms with van der Waals surface area (Å²) in [6.45, 7) is 8.86. The Morgan fingerprint density at radius 1 is 1.30 bits per heavy atom. The Balaban J connectivity index is 1.74. The maximum atomic E-state index is 12.2. The van der Waals surface area contributed by atoms with E-state index in [0.717, 1.165) is 43.9 Å². The Labute approximate surface area is 137 Å². The summed E-state index contributed by atoms with van der Waals surface area (Å²) >= 11 is 0. The minimum Gasteiger partial charge on any atom is -0.354 e. The van der Waals surface area contributed by atoms with Gasteiger partial charge < -0.3 is 14.8 Å². The molecule has 1 aliphatic rings. The first-order valence-corrected chi connectivity index (χ1v) is 8.60. The lowest BCUT2D eigenvalue weighted by atomic mass is 9.96. The largest absolute Gasteiger partial charge is 0.354 e. The maximum Gasteiger partial charge on any atom is 0.223 e. The van der Waals surface area contributed by atoms with Crippen molar-refractivity contribution >= 4 is 22.9 Å². The van der Waals surface area contributed by atoms with Crippen molar-refractivity contribution in [1.29, 1.82) is 0 Å². The van der Waals surface area contributed by atoms with Crippen LogP contribution in [0.25, 0.3) is 11.0 Å². The summed E-state index contributed by atoms with van der Waals surface area (Å²) in [7, 11) is 0. The Morgan fingerprint density at radius 2 is 2.00 bits per heavy atom. The molecule has 0 aliphatic carbocycles. The quantitative estimate of drug-likeness (QED) is 0.944. The van der Waals surface area contributed by atoms with E-state index >= 15 is 0 Å². The molecule has 3 rings (SSSR count). The molecule has 0 atom stereocenters. The maximum absolute atomic E-state index is 12.2. The molecule has 23 heavy (non-hydrogen) atoms. The molecule has 0 radical (unpaired) electrons. The van der Waals surface area contributed by atoms with Crippen LogP contribution in [0.15, 0.2) is 24.3 Å². The lowest BCUT2D eigenvalue weighted by Gasteiger charge is -2.32. The van der Waals surface area contributed by atoms with Gasteiger partial charge in [0.2, 0.25) is 11.9 Å². The van der Waals surface area contributed by atoms with Gasteiger partial charge in [-0.2, -0.15) is 0 Å². The van der Waals surface area contributed by atoms with Crippen molar-refractivity contribution < 1.29 is 4.79 Å². The number of nitrogens with one attached hydrogen (secondary N) is 1. The molecule has 1 saturated heterocycles. The predicted molar refractivity (Wildman–Crippen MR) is 93.6 cm³/mol. The fraction of sp³-hybridized carbons (Fsp3) is 0.556. The number of carbonyl (C=O) groups is 1. The molecule has 0 saturated carbocycles. The van der Waals surface area contributed by atoms with Gasteiger partial charge in [-0.3, -0.25) is 4.79 Å². The highest BCUT2D eigenvalue weighted by atomic mass is 16.1. The number of piperidine rings is 1. The van der Waals surface area contributed by atoms with Crippen LogP contribution in [-0.2, 0) is 11.3 Å². The molecule has 1 aromatic carbocycles. The van der Waals surface area contributed by atoms with Crippen LogP contribution in [0.4, 0.5) is 5.95 Å². The SMILES string of the molecule is CCn1c(N2CCC(C(=O)NC(C)C)CC2)nc2ccccc21. The number of aromatic nitrogens is 2. The van der Waals surface area contributed by atoms with Crippen LogP contribution < -0.4 is 10.2 Å². The minimum atomic E-state index is 0.133. The summed E-state index contributed by atoms with van der Waals surface area (Å²) in [6.07, 6.45) is 1.79. The third kappa shape index (κ3) is 3.19. The Hall–Kier alpha value is -2.04. The van der Waals surface area contributed by atoms with E-state index in [1.54, 1.807) is 0 Å². The van der Waals surface area contributed by atoms with Crippen molar-refractivity contribution in [2.24, 2.45) is 5.92 Å². The molecule has 5 nitrogen and oxygen atoms in total. The predicted octanol–water partition coefficient (Wildman–Crippen LogP) is 2.80. The number of carbonyl (C=O) groups excluding carboxylic acids is 1. The van der Waals surface area contributed by atoms with E-state index in [-0.39, 0.29) is 17.9 Å². The van der Waals surface area contributed by atoms with Crippen LogP contribution in [0.1, 0.15) is 33.6 Å². The zero-order chi connectivity index (χ0) is 16.4. The summed E-state index contributed by atoms with van der Waals surface area (Å²) in [6, 6.07) is 8.49. The van der Waals surface area contributed by atoms with Crippen molar-refractivity contribution in [2.75, 3.05) is 18.0 Å². The number of anilines is 1. The zero-order valence-corrected chi connectivity index (χ0v) is 14.2. The summed E-state index contributed by atoms with van der Waals surface area (Å²) in [5.74, 6) is 1.37. The topological polar surface area (TPSA) is 50.2 Å². The molecule has 124 valence electrons. The molecule has 1 fully saturated rings. The normalized spacial score (nSPS) is 16.3. The molecular formula is C18H26N4O. The van der Waals surface area contributed by atoms with E-state index in [9.17, 15) is 4.79 Å². The molecule has 2 heterocycles. The van der Waals surface area contributed by atoms with Crippen molar-refractivity contribution in [2.45, 2.75) is 46.2 Å². The van der Waals surface area contributed by atoms with Gasteiger partial charge >= 0.3 is 0 Å². The van der Waals surface area contributed by atoms with Crippen LogP contribution >= 0.6 is 0 Å². The van der Waals surface area contributed by atoms with Crippen LogP contribution in [0.3, 0.4) is 0 Å². The van der Waals surface area contributed by atoms with Crippen LogP contribution in [0.5, 0.6) is 0 Å². The van der Waals surface area contributed by atoms with Gasteiger partial charge in [-0.15, -0.1) is 0 Å². The third-order valence-corrected chi connectivity index (χ3v) is 4.53. The minimum absolute atomic E-state index is 0.133. The molecule has 5 heteroatoms. The number of hydrogen-bond donors (Lipinski definition) is 1. The smallest absolute Gasteiger partial charge is 0.223 e. The standard InChI is InChI=1S/C18H26N4O/c1-4-22-16-8-6-5-7-15(16)20-18(22)21-11-9-14(10-12-21)17(23)19-13(2)3/h5-8,13-14H,4,9-12H2,1-3H3,(H,19,23). The second-order valence-corrected chi connectivity index (χ2v) is 6.57. The van der Waals surface area contributed by atoms with E-state index in [4.69, 9.17) is 4.98 Å². The summed E-state index contributed by atoms with van der Waals surface area (Å²) in [5, 5.41) is 3.03. The van der Waals surface area contributed by atoms with Crippen LogP contribution in [-0.4, -0.2) is 34.6 Å². The highest BCUT2D eigenvalue weighted by Gasteiger charge is 2.27. The van der Waals surface area contributed by atoms with E-state index in [2.05, 4.69) is 39.9 Å². The van der Waals surface area contributed by atoms with Gasteiger partial charge in [0, 0.05) is 31.6 Å². The average Bonchev–Trinajstić information content (AvgIpc) is 2.93. The van der Waals surface area contributed by atoms with Gasteiger partial charge in [0.25, 0.3) is 0 Å². The number of nitrogens with zero attached hydrogens (tertiary/aromatic N) is 3. The molecule has 1 aliphatic heterocycles. The first-order chi connectivity index (χ1) is 11.1. The average molecular weight is 314 g/mol. The van der Waals surface area contributed by atoms with Crippen LogP contribution in [0, 0.1) is 5.92 Å². The first-order valence-electron chi connectivity index (χ1n) is 8.60. The van der Waals surface area contributed by atoms with Crippen molar-refractivity contribution in [3.05, 3.63) is 24.3 Å².